The van der Waals surface area contributed by atoms with Crippen LogP contribution >= 0.6 is 0 Å². The maximum atomic E-state index is 11.1. The van der Waals surface area contributed by atoms with Crippen molar-refractivity contribution in [2.45, 2.75) is 39.0 Å². The lowest BCUT2D eigenvalue weighted by Crippen LogP contribution is -2.21. The number of nitrogens with zero attached hydrogens (tertiary/aromatic N) is 1. The molecule has 1 aromatic rings. The van der Waals surface area contributed by atoms with Crippen LogP contribution < -0.4 is 5.32 Å². The van der Waals surface area contributed by atoms with Crippen molar-refractivity contribution in [3.05, 3.63) is 33.9 Å². The van der Waals surface area contributed by atoms with Crippen LogP contribution in [0.5, 0.6) is 0 Å². The predicted octanol–water partition coefficient (Wildman–Crippen LogP) is 4.04. The molecule has 114 valence electrons. The van der Waals surface area contributed by atoms with Gasteiger partial charge in [-0.2, -0.15) is 0 Å². The second kappa shape index (κ2) is 7.20. The van der Waals surface area contributed by atoms with Gasteiger partial charge in [0.05, 0.1) is 4.92 Å². The zero-order valence-electron chi connectivity index (χ0n) is 12.4. The molecule has 21 heavy (non-hydrogen) atoms. The minimum atomic E-state index is -0.441. The van der Waals surface area contributed by atoms with E-state index in [9.17, 15) is 14.9 Å². The number of benzene rings is 1. The lowest BCUT2D eigenvalue weighted by Gasteiger charge is -2.28. The second-order valence-corrected chi connectivity index (χ2v) is 5.83. The monoisotopic (exact) mass is 290 g/mol. The van der Waals surface area contributed by atoms with Gasteiger partial charge in [-0.05, 0) is 36.8 Å². The number of carbonyl (C=O) groups excluding carboxylic acids is 1. The first kappa shape index (κ1) is 15.5. The highest BCUT2D eigenvalue weighted by molar-refractivity contribution is 5.79. The van der Waals surface area contributed by atoms with Gasteiger partial charge >= 0.3 is 0 Å². The largest absolute Gasteiger partial charge is 0.379 e. The van der Waals surface area contributed by atoms with E-state index in [-0.39, 0.29) is 5.69 Å². The molecule has 5 heteroatoms. The Bertz CT molecular complexity index is 508. The average molecular weight is 290 g/mol. The first-order chi connectivity index (χ1) is 10.1. The Morgan fingerprint density at radius 3 is 2.52 bits per heavy atom. The smallest absolute Gasteiger partial charge is 0.293 e. The summed E-state index contributed by atoms with van der Waals surface area (Å²) in [6.45, 7) is 3.00. The quantitative estimate of drug-likeness (QED) is 0.487. The lowest BCUT2D eigenvalue weighted by molar-refractivity contribution is -0.384. The summed E-state index contributed by atoms with van der Waals surface area (Å²) >= 11 is 0. The number of anilines is 1. The third kappa shape index (κ3) is 4.03. The third-order valence-electron chi connectivity index (χ3n) is 4.48. The van der Waals surface area contributed by atoms with Gasteiger partial charge in [0, 0.05) is 18.2 Å². The SMILES string of the molecule is CCC1CCC(CNc2ccc(C=O)cc2[N+](=O)[O-])CC1. The van der Waals surface area contributed by atoms with Crippen LogP contribution in [0.4, 0.5) is 11.4 Å². The van der Waals surface area contributed by atoms with Crippen LogP contribution in [0.1, 0.15) is 49.4 Å². The molecule has 0 saturated heterocycles. The van der Waals surface area contributed by atoms with E-state index in [2.05, 4.69) is 12.2 Å². The normalized spacial score (nSPS) is 21.8. The van der Waals surface area contributed by atoms with Crippen molar-refractivity contribution in [3.8, 4) is 0 Å². The summed E-state index contributed by atoms with van der Waals surface area (Å²) in [6, 6.07) is 4.55. The number of aldehydes is 1. The van der Waals surface area contributed by atoms with E-state index in [0.29, 0.717) is 23.5 Å². The molecule has 1 aromatic carbocycles. The molecule has 1 fully saturated rings. The van der Waals surface area contributed by atoms with Crippen LogP contribution in [0.25, 0.3) is 0 Å². The molecule has 0 atom stereocenters. The first-order valence-corrected chi connectivity index (χ1v) is 7.61. The fourth-order valence-corrected chi connectivity index (χ4v) is 3.02. The van der Waals surface area contributed by atoms with Crippen molar-refractivity contribution in [2.75, 3.05) is 11.9 Å². The average Bonchev–Trinajstić information content (AvgIpc) is 2.53. The van der Waals surface area contributed by atoms with Crippen LogP contribution in [0, 0.1) is 22.0 Å². The minimum absolute atomic E-state index is 0.0261. The van der Waals surface area contributed by atoms with Gasteiger partial charge in [0.2, 0.25) is 0 Å². The van der Waals surface area contributed by atoms with Crippen molar-refractivity contribution in [3.63, 3.8) is 0 Å². The summed E-state index contributed by atoms with van der Waals surface area (Å²) in [5.74, 6) is 1.43. The molecule has 1 aliphatic carbocycles. The summed E-state index contributed by atoms with van der Waals surface area (Å²) in [6.07, 6.45) is 6.77. The number of nitro groups is 1. The lowest BCUT2D eigenvalue weighted by atomic mass is 9.81. The van der Waals surface area contributed by atoms with Gasteiger partial charge in [-0.15, -0.1) is 0 Å². The maximum Gasteiger partial charge on any atom is 0.293 e. The molecule has 2 rings (SSSR count). The summed E-state index contributed by atoms with van der Waals surface area (Å²) in [7, 11) is 0. The highest BCUT2D eigenvalue weighted by Crippen LogP contribution is 2.32. The molecule has 1 N–H and O–H groups in total. The third-order valence-corrected chi connectivity index (χ3v) is 4.48. The van der Waals surface area contributed by atoms with E-state index in [1.54, 1.807) is 12.1 Å². The molecular formula is C16H22N2O3. The topological polar surface area (TPSA) is 72.2 Å². The molecule has 0 aromatic heterocycles. The van der Waals surface area contributed by atoms with E-state index in [0.717, 1.165) is 12.5 Å². The Hall–Kier alpha value is -1.91. The van der Waals surface area contributed by atoms with Gasteiger partial charge in [0.15, 0.2) is 0 Å². The summed E-state index contributed by atoms with van der Waals surface area (Å²) < 4.78 is 0. The first-order valence-electron chi connectivity index (χ1n) is 7.61. The Labute approximate surface area is 124 Å². The number of hydrogen-bond acceptors (Lipinski definition) is 4. The molecule has 0 unspecified atom stereocenters. The molecule has 0 bridgehead atoms. The fraction of sp³-hybridized carbons (Fsp3) is 0.562. The fourth-order valence-electron chi connectivity index (χ4n) is 3.02. The van der Waals surface area contributed by atoms with Crippen LogP contribution in [-0.2, 0) is 0 Å². The number of hydrogen-bond donors (Lipinski definition) is 1. The van der Waals surface area contributed by atoms with E-state index in [1.807, 2.05) is 0 Å². The number of nitro benzene ring substituents is 1. The van der Waals surface area contributed by atoms with Gasteiger partial charge < -0.3 is 5.32 Å². The van der Waals surface area contributed by atoms with E-state index in [1.165, 1.54) is 38.2 Å². The zero-order chi connectivity index (χ0) is 15.2. The van der Waals surface area contributed by atoms with Crippen LogP contribution in [0.3, 0.4) is 0 Å². The van der Waals surface area contributed by atoms with Crippen LogP contribution in [0.2, 0.25) is 0 Å². The van der Waals surface area contributed by atoms with Gasteiger partial charge in [-0.3, -0.25) is 14.9 Å². The summed E-state index contributed by atoms with van der Waals surface area (Å²) in [5.41, 5.74) is 0.806. The van der Waals surface area contributed by atoms with E-state index in [4.69, 9.17) is 0 Å². The minimum Gasteiger partial charge on any atom is -0.379 e. The molecule has 0 amide bonds. The summed E-state index contributed by atoms with van der Waals surface area (Å²) in [4.78, 5) is 21.3. The molecule has 0 aliphatic heterocycles. The molecule has 0 radical (unpaired) electrons. The number of nitrogens with one attached hydrogen (secondary N) is 1. The van der Waals surface area contributed by atoms with E-state index >= 15 is 0 Å². The molecule has 5 nitrogen and oxygen atoms in total. The molecule has 1 aliphatic rings. The number of carbonyl (C=O) groups is 1. The molecule has 1 saturated carbocycles. The molecule has 0 spiro atoms. The van der Waals surface area contributed by atoms with Gasteiger partial charge in [0.1, 0.15) is 12.0 Å². The standard InChI is InChI=1S/C16H22N2O3/c1-2-12-3-5-13(6-4-12)10-17-15-8-7-14(11-19)9-16(15)18(20)21/h7-9,11-13,17H,2-6,10H2,1H3. The van der Waals surface area contributed by atoms with Crippen molar-refractivity contribution in [2.24, 2.45) is 11.8 Å². The van der Waals surface area contributed by atoms with Crippen LogP contribution in [-0.4, -0.2) is 17.8 Å². The molecular weight excluding hydrogens is 268 g/mol. The zero-order valence-corrected chi connectivity index (χ0v) is 12.4. The highest BCUT2D eigenvalue weighted by Gasteiger charge is 2.21. The van der Waals surface area contributed by atoms with Gasteiger partial charge in [-0.1, -0.05) is 26.2 Å². The Balaban J connectivity index is 1.97. The summed E-state index contributed by atoms with van der Waals surface area (Å²) in [5, 5.41) is 14.3. The Morgan fingerprint density at radius 2 is 1.95 bits per heavy atom. The van der Waals surface area contributed by atoms with Crippen molar-refractivity contribution < 1.29 is 9.72 Å². The highest BCUT2D eigenvalue weighted by atomic mass is 16.6. The molecule has 0 heterocycles. The maximum absolute atomic E-state index is 11.1. The Kier molecular flexibility index (Phi) is 5.31. The predicted molar refractivity (Wildman–Crippen MR) is 82.7 cm³/mol. The Morgan fingerprint density at radius 1 is 1.29 bits per heavy atom. The van der Waals surface area contributed by atoms with Gasteiger partial charge in [-0.25, -0.2) is 0 Å². The number of rotatable bonds is 6. The van der Waals surface area contributed by atoms with E-state index < -0.39 is 4.92 Å². The van der Waals surface area contributed by atoms with Gasteiger partial charge in [0.25, 0.3) is 5.69 Å². The van der Waals surface area contributed by atoms with Crippen LogP contribution in [0.15, 0.2) is 18.2 Å². The van der Waals surface area contributed by atoms with Crippen molar-refractivity contribution in [1.29, 1.82) is 0 Å². The van der Waals surface area contributed by atoms with Crippen molar-refractivity contribution in [1.82, 2.24) is 0 Å². The van der Waals surface area contributed by atoms with Crippen molar-refractivity contribution >= 4 is 17.7 Å². The second-order valence-electron chi connectivity index (χ2n) is 5.83.